The van der Waals surface area contributed by atoms with E-state index in [9.17, 15) is 9.90 Å². The van der Waals surface area contributed by atoms with Crippen LogP contribution >= 0.6 is 0 Å². The molecule has 2 fully saturated rings. The highest BCUT2D eigenvalue weighted by molar-refractivity contribution is 5.95. The van der Waals surface area contributed by atoms with Crippen molar-refractivity contribution in [3.05, 3.63) is 23.7 Å². The minimum Gasteiger partial charge on any atom is -0.469 e. The van der Waals surface area contributed by atoms with Gasteiger partial charge in [-0.2, -0.15) is 0 Å². The van der Waals surface area contributed by atoms with Crippen LogP contribution in [0.4, 0.5) is 0 Å². The highest BCUT2D eigenvalue weighted by Gasteiger charge is 2.43. The van der Waals surface area contributed by atoms with Crippen LogP contribution in [0.1, 0.15) is 48.7 Å². The summed E-state index contributed by atoms with van der Waals surface area (Å²) in [7, 11) is 0. The molecule has 3 heterocycles. The van der Waals surface area contributed by atoms with E-state index < -0.39 is 0 Å². The second kappa shape index (κ2) is 4.43. The Balaban J connectivity index is 1.85. The maximum atomic E-state index is 12.6. The van der Waals surface area contributed by atoms with Crippen molar-refractivity contribution in [3.63, 3.8) is 0 Å². The predicted octanol–water partition coefficient (Wildman–Crippen LogP) is 1.97. The fourth-order valence-corrected chi connectivity index (χ4v) is 3.42. The van der Waals surface area contributed by atoms with E-state index in [1.807, 2.05) is 11.8 Å². The van der Waals surface area contributed by atoms with Crippen LogP contribution in [-0.4, -0.2) is 34.1 Å². The highest BCUT2D eigenvalue weighted by atomic mass is 16.3. The Labute approximate surface area is 107 Å². The third kappa shape index (κ3) is 1.75. The zero-order chi connectivity index (χ0) is 12.7. The first kappa shape index (κ1) is 11.8. The minimum atomic E-state index is -0.235. The van der Waals surface area contributed by atoms with Gasteiger partial charge in [0.1, 0.15) is 5.76 Å². The molecule has 2 unspecified atom stereocenters. The molecule has 4 heteroatoms. The molecule has 18 heavy (non-hydrogen) atoms. The van der Waals surface area contributed by atoms with Crippen molar-refractivity contribution in [2.24, 2.45) is 0 Å². The molecule has 2 aliphatic heterocycles. The lowest BCUT2D eigenvalue weighted by Crippen LogP contribution is -2.48. The number of hydrogen-bond acceptors (Lipinski definition) is 3. The normalized spacial score (nSPS) is 30.8. The summed E-state index contributed by atoms with van der Waals surface area (Å²) >= 11 is 0. The highest BCUT2D eigenvalue weighted by Crippen LogP contribution is 2.37. The van der Waals surface area contributed by atoms with Gasteiger partial charge in [-0.25, -0.2) is 0 Å². The SMILES string of the molecule is CCc1occc1C(=O)N1C2CCC1CC(O)C2. The van der Waals surface area contributed by atoms with Gasteiger partial charge in [-0.1, -0.05) is 6.92 Å². The topological polar surface area (TPSA) is 53.7 Å². The Bertz CT molecular complexity index is 440. The molecule has 3 rings (SSSR count). The quantitative estimate of drug-likeness (QED) is 0.871. The van der Waals surface area contributed by atoms with Crippen LogP contribution in [0.25, 0.3) is 0 Å². The Morgan fingerprint density at radius 2 is 2.11 bits per heavy atom. The first-order valence-electron chi connectivity index (χ1n) is 6.77. The van der Waals surface area contributed by atoms with Crippen LogP contribution in [0.5, 0.6) is 0 Å². The number of nitrogens with zero attached hydrogens (tertiary/aromatic N) is 1. The van der Waals surface area contributed by atoms with E-state index in [4.69, 9.17) is 4.42 Å². The van der Waals surface area contributed by atoms with Crippen molar-refractivity contribution >= 4 is 5.91 Å². The van der Waals surface area contributed by atoms with E-state index in [0.29, 0.717) is 5.56 Å². The van der Waals surface area contributed by atoms with Crippen LogP contribution < -0.4 is 0 Å². The van der Waals surface area contributed by atoms with Crippen LogP contribution in [0.3, 0.4) is 0 Å². The van der Waals surface area contributed by atoms with Gasteiger partial charge in [-0.05, 0) is 31.7 Å². The molecular weight excluding hydrogens is 230 g/mol. The van der Waals surface area contributed by atoms with E-state index in [-0.39, 0.29) is 24.1 Å². The molecular formula is C14H19NO3. The Kier molecular flexibility index (Phi) is 2.90. The zero-order valence-electron chi connectivity index (χ0n) is 10.6. The summed E-state index contributed by atoms with van der Waals surface area (Å²) in [4.78, 5) is 14.6. The number of furan rings is 1. The van der Waals surface area contributed by atoms with Gasteiger partial charge in [-0.3, -0.25) is 4.79 Å². The summed E-state index contributed by atoms with van der Waals surface area (Å²) in [6, 6.07) is 2.20. The number of aryl methyl sites for hydroxylation is 1. The number of carbonyl (C=O) groups is 1. The molecule has 0 aliphatic carbocycles. The van der Waals surface area contributed by atoms with Crippen LogP contribution in [0, 0.1) is 0 Å². The van der Waals surface area contributed by atoms with Crippen molar-refractivity contribution < 1.29 is 14.3 Å². The molecule has 0 spiro atoms. The van der Waals surface area contributed by atoms with Gasteiger partial charge in [0.25, 0.3) is 5.91 Å². The number of carbonyl (C=O) groups excluding carboxylic acids is 1. The van der Waals surface area contributed by atoms with Crippen molar-refractivity contribution in [1.82, 2.24) is 4.90 Å². The predicted molar refractivity (Wildman–Crippen MR) is 66.3 cm³/mol. The van der Waals surface area contributed by atoms with Gasteiger partial charge >= 0.3 is 0 Å². The number of aliphatic hydroxyl groups excluding tert-OH is 1. The average Bonchev–Trinajstić information content (AvgIpc) is 2.92. The van der Waals surface area contributed by atoms with Gasteiger partial charge in [0, 0.05) is 18.5 Å². The monoisotopic (exact) mass is 249 g/mol. The van der Waals surface area contributed by atoms with Gasteiger partial charge in [-0.15, -0.1) is 0 Å². The standard InChI is InChI=1S/C14H19NO3/c1-2-13-12(5-6-18-13)14(17)15-9-3-4-10(15)8-11(16)7-9/h5-6,9-11,16H,2-4,7-8H2,1H3. The molecule has 0 radical (unpaired) electrons. The Hall–Kier alpha value is -1.29. The molecule has 1 aromatic rings. The van der Waals surface area contributed by atoms with Crippen molar-refractivity contribution in [2.75, 3.05) is 0 Å². The molecule has 1 N–H and O–H groups in total. The molecule has 0 aromatic carbocycles. The molecule has 0 saturated carbocycles. The van der Waals surface area contributed by atoms with E-state index >= 15 is 0 Å². The summed E-state index contributed by atoms with van der Waals surface area (Å²) < 4.78 is 5.34. The lowest BCUT2D eigenvalue weighted by atomic mass is 9.98. The lowest BCUT2D eigenvalue weighted by molar-refractivity contribution is 0.0285. The molecule has 2 aliphatic rings. The lowest BCUT2D eigenvalue weighted by Gasteiger charge is -2.37. The minimum absolute atomic E-state index is 0.0833. The fraction of sp³-hybridized carbons (Fsp3) is 0.643. The Morgan fingerprint density at radius 3 is 2.72 bits per heavy atom. The zero-order valence-corrected chi connectivity index (χ0v) is 10.6. The molecule has 98 valence electrons. The summed E-state index contributed by atoms with van der Waals surface area (Å²) in [6.45, 7) is 1.99. The van der Waals surface area contributed by atoms with Gasteiger partial charge in [0.15, 0.2) is 0 Å². The third-order valence-electron chi connectivity index (χ3n) is 4.24. The summed E-state index contributed by atoms with van der Waals surface area (Å²) in [5.74, 6) is 0.852. The smallest absolute Gasteiger partial charge is 0.257 e. The van der Waals surface area contributed by atoms with Crippen molar-refractivity contribution in [3.8, 4) is 0 Å². The molecule has 2 atom stereocenters. The maximum Gasteiger partial charge on any atom is 0.257 e. The largest absolute Gasteiger partial charge is 0.469 e. The summed E-state index contributed by atoms with van der Waals surface area (Å²) in [5.41, 5.74) is 0.700. The van der Waals surface area contributed by atoms with E-state index in [0.717, 1.165) is 37.9 Å². The van der Waals surface area contributed by atoms with Crippen molar-refractivity contribution in [2.45, 2.75) is 57.2 Å². The number of piperidine rings is 1. The van der Waals surface area contributed by atoms with Gasteiger partial charge in [0.05, 0.1) is 17.9 Å². The first-order valence-corrected chi connectivity index (χ1v) is 6.77. The van der Waals surface area contributed by atoms with Crippen LogP contribution in [-0.2, 0) is 6.42 Å². The first-order chi connectivity index (χ1) is 8.70. The molecule has 1 amide bonds. The second-order valence-corrected chi connectivity index (χ2v) is 5.33. The number of amides is 1. The number of aliphatic hydroxyl groups is 1. The van der Waals surface area contributed by atoms with E-state index in [1.165, 1.54) is 0 Å². The fourth-order valence-electron chi connectivity index (χ4n) is 3.42. The second-order valence-electron chi connectivity index (χ2n) is 5.33. The average molecular weight is 249 g/mol. The molecule has 2 bridgehead atoms. The van der Waals surface area contributed by atoms with E-state index in [2.05, 4.69) is 0 Å². The maximum absolute atomic E-state index is 12.6. The number of fused-ring (bicyclic) bond motifs is 2. The summed E-state index contributed by atoms with van der Waals surface area (Å²) in [5, 5.41) is 9.76. The molecule has 4 nitrogen and oxygen atoms in total. The molecule has 2 saturated heterocycles. The van der Waals surface area contributed by atoms with Crippen molar-refractivity contribution in [1.29, 1.82) is 0 Å². The molecule has 1 aromatic heterocycles. The number of hydrogen-bond donors (Lipinski definition) is 1. The van der Waals surface area contributed by atoms with Gasteiger partial charge < -0.3 is 14.4 Å². The third-order valence-corrected chi connectivity index (χ3v) is 4.24. The summed E-state index contributed by atoms with van der Waals surface area (Å²) in [6.07, 6.45) is 5.58. The van der Waals surface area contributed by atoms with Crippen LogP contribution in [0.2, 0.25) is 0 Å². The number of rotatable bonds is 2. The Morgan fingerprint density at radius 1 is 1.44 bits per heavy atom. The van der Waals surface area contributed by atoms with E-state index in [1.54, 1.807) is 12.3 Å². The van der Waals surface area contributed by atoms with Crippen LogP contribution in [0.15, 0.2) is 16.7 Å². The van der Waals surface area contributed by atoms with Gasteiger partial charge in [0.2, 0.25) is 0 Å².